The largest absolute Gasteiger partial charge is 0.304 e. The predicted octanol–water partition coefficient (Wildman–Crippen LogP) is 2.76. The van der Waals surface area contributed by atoms with E-state index in [1.807, 2.05) is 0 Å². The molecule has 1 heteroatoms. The maximum absolute atomic E-state index is 2.48. The minimum atomic E-state index is 0.489. The topological polar surface area (TPSA) is 3.24 Å². The Morgan fingerprint density at radius 3 is 1.73 bits per heavy atom. The van der Waals surface area contributed by atoms with Gasteiger partial charge in [-0.1, -0.05) is 34.6 Å². The van der Waals surface area contributed by atoms with Crippen LogP contribution in [0.3, 0.4) is 0 Å². The summed E-state index contributed by atoms with van der Waals surface area (Å²) in [4.78, 5) is 2.48. The molecule has 0 aromatic heterocycles. The zero-order chi connectivity index (χ0) is 8.91. The molecule has 0 heterocycles. The second-order valence-electron chi connectivity index (χ2n) is 4.34. The van der Waals surface area contributed by atoms with Crippen LogP contribution in [0.25, 0.3) is 0 Å². The van der Waals surface area contributed by atoms with Crippen LogP contribution in [0.2, 0.25) is 0 Å². The van der Waals surface area contributed by atoms with Crippen molar-refractivity contribution in [2.45, 2.75) is 41.0 Å². The van der Waals surface area contributed by atoms with Crippen molar-refractivity contribution in [1.29, 1.82) is 0 Å². The van der Waals surface area contributed by atoms with Crippen LogP contribution in [-0.4, -0.2) is 24.5 Å². The van der Waals surface area contributed by atoms with Gasteiger partial charge in [0.05, 0.1) is 0 Å². The van der Waals surface area contributed by atoms with Crippen LogP contribution in [0.1, 0.15) is 41.0 Å². The number of hydrogen-bond acceptors (Lipinski definition) is 1. The molecule has 0 unspecified atom stereocenters. The number of rotatable bonds is 4. The molecule has 0 radical (unpaired) electrons. The molecular formula is C10H23N. The minimum absolute atomic E-state index is 0.489. The monoisotopic (exact) mass is 157 g/mol. The van der Waals surface area contributed by atoms with E-state index >= 15 is 0 Å². The van der Waals surface area contributed by atoms with E-state index in [0.29, 0.717) is 5.41 Å². The summed E-state index contributed by atoms with van der Waals surface area (Å²) in [6.07, 6.45) is 1.30. The normalized spacial score (nSPS) is 12.5. The molecule has 0 aliphatic carbocycles. The molecule has 0 rings (SSSR count). The first-order valence-electron chi connectivity index (χ1n) is 4.72. The van der Waals surface area contributed by atoms with Crippen LogP contribution in [0.5, 0.6) is 0 Å². The van der Waals surface area contributed by atoms with Crippen molar-refractivity contribution >= 4 is 0 Å². The lowest BCUT2D eigenvalue weighted by atomic mass is 9.92. The molecule has 68 valence electrons. The van der Waals surface area contributed by atoms with Gasteiger partial charge in [0, 0.05) is 0 Å². The van der Waals surface area contributed by atoms with E-state index in [0.717, 1.165) is 0 Å². The molecule has 0 spiro atoms. The van der Waals surface area contributed by atoms with E-state index in [4.69, 9.17) is 0 Å². The Balaban J connectivity index is 3.51. The molecule has 1 nitrogen and oxygen atoms in total. The highest BCUT2D eigenvalue weighted by Gasteiger charge is 2.10. The van der Waals surface area contributed by atoms with Gasteiger partial charge in [-0.3, -0.25) is 0 Å². The molecule has 0 N–H and O–H groups in total. The van der Waals surface area contributed by atoms with Crippen LogP contribution in [0.4, 0.5) is 0 Å². The Hall–Kier alpha value is -0.0400. The van der Waals surface area contributed by atoms with Gasteiger partial charge in [-0.15, -0.1) is 0 Å². The van der Waals surface area contributed by atoms with Crippen LogP contribution in [0, 0.1) is 5.41 Å². The number of nitrogens with zero attached hydrogens (tertiary/aromatic N) is 1. The predicted molar refractivity (Wildman–Crippen MR) is 51.9 cm³/mol. The fourth-order valence-corrected chi connectivity index (χ4v) is 1.03. The van der Waals surface area contributed by atoms with Gasteiger partial charge in [-0.25, -0.2) is 0 Å². The molecule has 0 aromatic carbocycles. The van der Waals surface area contributed by atoms with E-state index in [2.05, 4.69) is 39.5 Å². The molecule has 0 saturated carbocycles. The van der Waals surface area contributed by atoms with Crippen molar-refractivity contribution in [3.05, 3.63) is 0 Å². The van der Waals surface area contributed by atoms with Crippen LogP contribution >= 0.6 is 0 Å². The third-order valence-electron chi connectivity index (χ3n) is 2.07. The van der Waals surface area contributed by atoms with Gasteiger partial charge in [0.15, 0.2) is 0 Å². The summed E-state index contributed by atoms with van der Waals surface area (Å²) in [6, 6.07) is 0. The Kier molecular flexibility index (Phi) is 4.74. The van der Waals surface area contributed by atoms with E-state index in [1.165, 1.54) is 26.1 Å². The van der Waals surface area contributed by atoms with Crippen molar-refractivity contribution in [2.75, 3.05) is 19.6 Å². The average molecular weight is 157 g/mol. The quantitative estimate of drug-likeness (QED) is 0.606. The van der Waals surface area contributed by atoms with Gasteiger partial charge in [0.25, 0.3) is 0 Å². The molecule has 0 aliphatic rings. The standard InChI is InChI=1S/C10H23N/c1-6-11(7-2)9-8-10(3,4)5/h6-9H2,1-5H3. The van der Waals surface area contributed by atoms with Gasteiger partial charge < -0.3 is 4.90 Å². The maximum atomic E-state index is 2.48. The summed E-state index contributed by atoms with van der Waals surface area (Å²) in [7, 11) is 0. The summed E-state index contributed by atoms with van der Waals surface area (Å²) in [5.41, 5.74) is 0.489. The highest BCUT2D eigenvalue weighted by Crippen LogP contribution is 2.18. The Labute approximate surface area is 71.8 Å². The maximum Gasteiger partial charge on any atom is -0.00140 e. The average Bonchev–Trinajstić information content (AvgIpc) is 1.88. The third kappa shape index (κ3) is 6.36. The van der Waals surface area contributed by atoms with Gasteiger partial charge in [0.1, 0.15) is 0 Å². The highest BCUT2D eigenvalue weighted by molar-refractivity contribution is 4.64. The summed E-state index contributed by atoms with van der Waals surface area (Å²) in [6.45, 7) is 15.0. The Morgan fingerprint density at radius 1 is 1.00 bits per heavy atom. The highest BCUT2D eigenvalue weighted by atomic mass is 15.1. The third-order valence-corrected chi connectivity index (χ3v) is 2.07. The van der Waals surface area contributed by atoms with Gasteiger partial charge in [-0.2, -0.15) is 0 Å². The Bertz CT molecular complexity index is 87.5. The zero-order valence-corrected chi connectivity index (χ0v) is 8.78. The molecule has 0 aromatic rings. The van der Waals surface area contributed by atoms with Crippen molar-refractivity contribution < 1.29 is 0 Å². The molecule has 0 aliphatic heterocycles. The lowest BCUT2D eigenvalue weighted by Gasteiger charge is -2.24. The minimum Gasteiger partial charge on any atom is -0.304 e. The second kappa shape index (κ2) is 4.76. The second-order valence-corrected chi connectivity index (χ2v) is 4.34. The van der Waals surface area contributed by atoms with Crippen molar-refractivity contribution in [3.8, 4) is 0 Å². The first-order valence-corrected chi connectivity index (χ1v) is 4.72. The summed E-state index contributed by atoms with van der Waals surface area (Å²) < 4.78 is 0. The number of hydrogen-bond donors (Lipinski definition) is 0. The summed E-state index contributed by atoms with van der Waals surface area (Å²) >= 11 is 0. The van der Waals surface area contributed by atoms with Gasteiger partial charge in [-0.05, 0) is 31.5 Å². The van der Waals surface area contributed by atoms with E-state index in [9.17, 15) is 0 Å². The zero-order valence-electron chi connectivity index (χ0n) is 8.78. The van der Waals surface area contributed by atoms with Gasteiger partial charge in [0.2, 0.25) is 0 Å². The summed E-state index contributed by atoms with van der Waals surface area (Å²) in [5, 5.41) is 0. The van der Waals surface area contributed by atoms with E-state index in [1.54, 1.807) is 0 Å². The molecule has 11 heavy (non-hydrogen) atoms. The fraction of sp³-hybridized carbons (Fsp3) is 1.00. The van der Waals surface area contributed by atoms with Crippen LogP contribution in [-0.2, 0) is 0 Å². The molecule has 0 saturated heterocycles. The molecule has 0 atom stereocenters. The molecule has 0 fully saturated rings. The first-order chi connectivity index (χ1) is 4.99. The molecule has 0 amide bonds. The van der Waals surface area contributed by atoms with Crippen molar-refractivity contribution in [2.24, 2.45) is 5.41 Å². The van der Waals surface area contributed by atoms with E-state index < -0.39 is 0 Å². The van der Waals surface area contributed by atoms with Crippen molar-refractivity contribution in [3.63, 3.8) is 0 Å². The van der Waals surface area contributed by atoms with Crippen molar-refractivity contribution in [1.82, 2.24) is 4.90 Å². The van der Waals surface area contributed by atoms with Crippen LogP contribution < -0.4 is 0 Å². The van der Waals surface area contributed by atoms with Crippen LogP contribution in [0.15, 0.2) is 0 Å². The molecule has 0 bridgehead atoms. The smallest absolute Gasteiger partial charge is 0.00140 e. The van der Waals surface area contributed by atoms with E-state index in [-0.39, 0.29) is 0 Å². The SMILES string of the molecule is CCN(CC)CCC(C)(C)C. The fourth-order valence-electron chi connectivity index (χ4n) is 1.03. The lowest BCUT2D eigenvalue weighted by Crippen LogP contribution is -2.26. The summed E-state index contributed by atoms with van der Waals surface area (Å²) in [5.74, 6) is 0. The molecular weight excluding hydrogens is 134 g/mol. The van der Waals surface area contributed by atoms with Gasteiger partial charge >= 0.3 is 0 Å². The lowest BCUT2D eigenvalue weighted by molar-refractivity contribution is 0.246. The Morgan fingerprint density at radius 2 is 1.45 bits per heavy atom. The first kappa shape index (κ1) is 11.0.